The third-order valence-corrected chi connectivity index (χ3v) is 3.31. The van der Waals surface area contributed by atoms with Gasteiger partial charge >= 0.3 is 0 Å². The minimum absolute atomic E-state index is 0.374. The van der Waals surface area contributed by atoms with E-state index in [0.717, 1.165) is 24.7 Å². The van der Waals surface area contributed by atoms with E-state index in [-0.39, 0.29) is 5.82 Å². The minimum atomic E-state index is -0.376. The number of halogens is 1. The molecule has 0 atom stereocenters. The number of aryl methyl sites for hydroxylation is 1. The lowest BCUT2D eigenvalue weighted by Crippen LogP contribution is -2.47. The zero-order valence-corrected chi connectivity index (χ0v) is 11.2. The van der Waals surface area contributed by atoms with E-state index in [2.05, 4.69) is 24.8 Å². The van der Waals surface area contributed by atoms with Crippen molar-refractivity contribution in [3.63, 3.8) is 0 Å². The van der Waals surface area contributed by atoms with Gasteiger partial charge in [-0.25, -0.2) is 24.3 Å². The van der Waals surface area contributed by atoms with Gasteiger partial charge in [0.25, 0.3) is 0 Å². The summed E-state index contributed by atoms with van der Waals surface area (Å²) < 4.78 is 13.6. The molecule has 2 aromatic heterocycles. The minimum Gasteiger partial charge on any atom is -0.353 e. The lowest BCUT2D eigenvalue weighted by molar-refractivity contribution is 0.581. The Morgan fingerprint density at radius 2 is 1.85 bits per heavy atom. The number of nitrogens with zero attached hydrogens (tertiary/aromatic N) is 6. The van der Waals surface area contributed by atoms with Gasteiger partial charge in [-0.05, 0) is 13.0 Å². The second-order valence-electron chi connectivity index (χ2n) is 4.63. The van der Waals surface area contributed by atoms with Crippen LogP contribution in [0.5, 0.6) is 0 Å². The molecule has 0 aliphatic carbocycles. The third-order valence-electron chi connectivity index (χ3n) is 3.31. The van der Waals surface area contributed by atoms with E-state index < -0.39 is 0 Å². The van der Waals surface area contributed by atoms with Crippen molar-refractivity contribution in [1.82, 2.24) is 19.9 Å². The van der Waals surface area contributed by atoms with Crippen LogP contribution in [0.1, 0.15) is 5.82 Å². The Bertz CT molecular complexity index is 597. The smallest absolute Gasteiger partial charge is 0.183 e. The van der Waals surface area contributed by atoms with Gasteiger partial charge in [0.05, 0.1) is 6.20 Å². The van der Waals surface area contributed by atoms with Crippen LogP contribution in [0.2, 0.25) is 0 Å². The third kappa shape index (κ3) is 2.52. The summed E-state index contributed by atoms with van der Waals surface area (Å²) in [7, 11) is 0. The molecule has 20 heavy (non-hydrogen) atoms. The second kappa shape index (κ2) is 5.36. The molecule has 3 heterocycles. The standard InChI is InChI=1S/C13H15FN6/c1-10-16-3-2-12(18-10)19-4-6-20(7-5-19)13-11(14)8-15-9-17-13/h2-3,8-9H,4-7H2,1H3. The summed E-state index contributed by atoms with van der Waals surface area (Å²) in [6.45, 7) is 4.84. The fourth-order valence-corrected chi connectivity index (χ4v) is 2.31. The van der Waals surface area contributed by atoms with Crippen LogP contribution in [0.3, 0.4) is 0 Å². The number of rotatable bonds is 2. The molecule has 0 saturated carbocycles. The number of hydrogen-bond donors (Lipinski definition) is 0. The zero-order chi connectivity index (χ0) is 13.9. The van der Waals surface area contributed by atoms with E-state index in [1.807, 2.05) is 17.9 Å². The molecule has 0 N–H and O–H groups in total. The highest BCUT2D eigenvalue weighted by atomic mass is 19.1. The fraction of sp³-hybridized carbons (Fsp3) is 0.385. The van der Waals surface area contributed by atoms with Crippen LogP contribution in [0.25, 0.3) is 0 Å². The van der Waals surface area contributed by atoms with Gasteiger partial charge in [-0.2, -0.15) is 0 Å². The maximum absolute atomic E-state index is 13.6. The van der Waals surface area contributed by atoms with Crippen molar-refractivity contribution >= 4 is 11.6 Å². The monoisotopic (exact) mass is 274 g/mol. The summed E-state index contributed by atoms with van der Waals surface area (Å²) in [5.41, 5.74) is 0. The molecule has 104 valence electrons. The summed E-state index contributed by atoms with van der Waals surface area (Å²) >= 11 is 0. The van der Waals surface area contributed by atoms with E-state index in [9.17, 15) is 4.39 Å². The summed E-state index contributed by atoms with van der Waals surface area (Å²) in [4.78, 5) is 20.3. The fourth-order valence-electron chi connectivity index (χ4n) is 2.31. The van der Waals surface area contributed by atoms with Gasteiger partial charge in [0.15, 0.2) is 11.6 Å². The predicted octanol–water partition coefficient (Wildman–Crippen LogP) is 1.04. The van der Waals surface area contributed by atoms with Crippen molar-refractivity contribution in [2.24, 2.45) is 0 Å². The Morgan fingerprint density at radius 1 is 1.10 bits per heavy atom. The summed E-state index contributed by atoms with van der Waals surface area (Å²) in [5, 5.41) is 0. The Labute approximate surface area is 116 Å². The van der Waals surface area contributed by atoms with Crippen molar-refractivity contribution in [1.29, 1.82) is 0 Å². The molecule has 0 spiro atoms. The van der Waals surface area contributed by atoms with Gasteiger partial charge in [-0.3, -0.25) is 0 Å². The van der Waals surface area contributed by atoms with Gasteiger partial charge in [-0.1, -0.05) is 0 Å². The molecule has 0 unspecified atom stereocenters. The Hall–Kier alpha value is -2.31. The SMILES string of the molecule is Cc1nccc(N2CCN(c3ncncc3F)CC2)n1. The number of hydrogen-bond acceptors (Lipinski definition) is 6. The molecule has 0 radical (unpaired) electrons. The van der Waals surface area contributed by atoms with Gasteiger partial charge in [0.2, 0.25) is 0 Å². The highest BCUT2D eigenvalue weighted by molar-refractivity contribution is 5.44. The average molecular weight is 274 g/mol. The summed E-state index contributed by atoms with van der Waals surface area (Å²) in [6, 6.07) is 1.90. The van der Waals surface area contributed by atoms with Crippen molar-refractivity contribution in [2.75, 3.05) is 36.0 Å². The Balaban J connectivity index is 1.70. The van der Waals surface area contributed by atoms with Crippen LogP contribution in [0.4, 0.5) is 16.0 Å². The first-order chi connectivity index (χ1) is 9.74. The maximum atomic E-state index is 13.6. The zero-order valence-electron chi connectivity index (χ0n) is 11.2. The van der Waals surface area contributed by atoms with Crippen molar-refractivity contribution in [2.45, 2.75) is 6.92 Å². The second-order valence-corrected chi connectivity index (χ2v) is 4.63. The maximum Gasteiger partial charge on any atom is 0.183 e. The first-order valence-electron chi connectivity index (χ1n) is 6.49. The van der Waals surface area contributed by atoms with E-state index >= 15 is 0 Å². The molecular weight excluding hydrogens is 259 g/mol. The van der Waals surface area contributed by atoms with Crippen LogP contribution in [-0.4, -0.2) is 46.1 Å². The van der Waals surface area contributed by atoms with Crippen LogP contribution in [0.15, 0.2) is 24.8 Å². The van der Waals surface area contributed by atoms with E-state index in [1.165, 1.54) is 12.5 Å². The quantitative estimate of drug-likeness (QED) is 0.815. The number of anilines is 2. The molecule has 1 aliphatic heterocycles. The summed E-state index contributed by atoms with van der Waals surface area (Å²) in [6.07, 6.45) is 4.33. The van der Waals surface area contributed by atoms with Crippen LogP contribution < -0.4 is 9.80 Å². The van der Waals surface area contributed by atoms with E-state index in [0.29, 0.717) is 18.9 Å². The largest absolute Gasteiger partial charge is 0.353 e. The van der Waals surface area contributed by atoms with Crippen LogP contribution in [-0.2, 0) is 0 Å². The topological polar surface area (TPSA) is 58.0 Å². The van der Waals surface area contributed by atoms with Crippen LogP contribution in [0, 0.1) is 12.7 Å². The molecule has 2 aromatic rings. The predicted molar refractivity (Wildman–Crippen MR) is 73.2 cm³/mol. The molecule has 6 nitrogen and oxygen atoms in total. The molecular formula is C13H15FN6. The van der Waals surface area contributed by atoms with Gasteiger partial charge in [-0.15, -0.1) is 0 Å². The van der Waals surface area contributed by atoms with Crippen molar-refractivity contribution < 1.29 is 4.39 Å². The van der Waals surface area contributed by atoms with Gasteiger partial charge in [0, 0.05) is 32.4 Å². The first kappa shape index (κ1) is 12.7. The van der Waals surface area contributed by atoms with Crippen molar-refractivity contribution in [3.05, 3.63) is 36.4 Å². The lowest BCUT2D eigenvalue weighted by Gasteiger charge is -2.36. The number of aromatic nitrogens is 4. The molecule has 7 heteroatoms. The highest BCUT2D eigenvalue weighted by Crippen LogP contribution is 2.19. The molecule has 0 bridgehead atoms. The normalized spacial score (nSPS) is 15.5. The molecule has 3 rings (SSSR count). The molecule has 1 fully saturated rings. The van der Waals surface area contributed by atoms with E-state index in [4.69, 9.17) is 0 Å². The molecule has 1 saturated heterocycles. The van der Waals surface area contributed by atoms with E-state index in [1.54, 1.807) is 6.20 Å². The summed E-state index contributed by atoms with van der Waals surface area (Å²) in [5.74, 6) is 1.67. The first-order valence-corrected chi connectivity index (χ1v) is 6.49. The molecule has 0 amide bonds. The number of piperazine rings is 1. The molecule has 1 aliphatic rings. The van der Waals surface area contributed by atoms with Gasteiger partial charge < -0.3 is 9.80 Å². The average Bonchev–Trinajstić information content (AvgIpc) is 2.48. The van der Waals surface area contributed by atoms with Crippen LogP contribution >= 0.6 is 0 Å². The van der Waals surface area contributed by atoms with Gasteiger partial charge in [0.1, 0.15) is 18.0 Å². The Morgan fingerprint density at radius 3 is 2.55 bits per heavy atom. The molecule has 0 aromatic carbocycles. The Kier molecular flexibility index (Phi) is 3.41. The highest BCUT2D eigenvalue weighted by Gasteiger charge is 2.21. The van der Waals surface area contributed by atoms with Crippen molar-refractivity contribution in [3.8, 4) is 0 Å². The lowest BCUT2D eigenvalue weighted by atomic mass is 10.3.